The molecule has 0 amide bonds. The highest BCUT2D eigenvalue weighted by molar-refractivity contribution is 5.81. The summed E-state index contributed by atoms with van der Waals surface area (Å²) in [7, 11) is 1.63. The molecule has 0 bridgehead atoms. The van der Waals surface area contributed by atoms with Gasteiger partial charge in [-0.15, -0.1) is 0 Å². The Morgan fingerprint density at radius 2 is 2.41 bits per heavy atom. The van der Waals surface area contributed by atoms with Gasteiger partial charge in [-0.05, 0) is 6.07 Å². The van der Waals surface area contributed by atoms with Crippen molar-refractivity contribution in [3.8, 4) is 5.88 Å². The van der Waals surface area contributed by atoms with Gasteiger partial charge in [-0.25, -0.2) is 4.98 Å². The van der Waals surface area contributed by atoms with Crippen molar-refractivity contribution in [2.24, 2.45) is 5.92 Å². The van der Waals surface area contributed by atoms with Crippen LogP contribution in [-0.2, 0) is 11.3 Å². The van der Waals surface area contributed by atoms with Crippen molar-refractivity contribution in [3.63, 3.8) is 0 Å². The molecule has 0 spiro atoms. The molecule has 0 saturated carbocycles. The molecule has 1 aromatic heterocycles. The van der Waals surface area contributed by atoms with Crippen LogP contribution in [0.2, 0.25) is 0 Å². The maximum Gasteiger partial charge on any atom is 0.217 e. The zero-order chi connectivity index (χ0) is 12.3. The van der Waals surface area contributed by atoms with Crippen LogP contribution in [0.4, 0.5) is 0 Å². The molecule has 1 unspecified atom stereocenters. The van der Waals surface area contributed by atoms with Gasteiger partial charge in [0.25, 0.3) is 0 Å². The highest BCUT2D eigenvalue weighted by Gasteiger charge is 2.23. The number of ketones is 1. The summed E-state index contributed by atoms with van der Waals surface area (Å²) in [4.78, 5) is 17.9. The van der Waals surface area contributed by atoms with Gasteiger partial charge in [0, 0.05) is 43.7 Å². The second-order valence-electron chi connectivity index (χ2n) is 4.52. The molecule has 1 fully saturated rings. The molecule has 1 atom stereocenters. The van der Waals surface area contributed by atoms with Crippen molar-refractivity contribution in [1.29, 1.82) is 0 Å². The number of Topliss-reactive ketones (excluding diaryl/α,β-unsaturated/α-hetero) is 1. The first kappa shape index (κ1) is 12.0. The number of hydrogen-bond donors (Lipinski definition) is 0. The van der Waals surface area contributed by atoms with E-state index < -0.39 is 0 Å². The van der Waals surface area contributed by atoms with Gasteiger partial charge in [0.05, 0.1) is 7.11 Å². The first-order valence-corrected chi connectivity index (χ1v) is 5.93. The summed E-state index contributed by atoms with van der Waals surface area (Å²) in [6.07, 6.45) is 2.38. The summed E-state index contributed by atoms with van der Waals surface area (Å²) in [6, 6.07) is 3.93. The van der Waals surface area contributed by atoms with E-state index in [0.29, 0.717) is 18.1 Å². The Morgan fingerprint density at radius 3 is 3.12 bits per heavy atom. The number of hydrogen-bond acceptors (Lipinski definition) is 4. The van der Waals surface area contributed by atoms with Crippen molar-refractivity contribution in [2.45, 2.75) is 19.9 Å². The van der Waals surface area contributed by atoms with Gasteiger partial charge in [0.15, 0.2) is 0 Å². The normalized spacial score (nSPS) is 21.5. The Kier molecular flexibility index (Phi) is 3.74. The lowest BCUT2D eigenvalue weighted by Crippen LogP contribution is -2.39. The fourth-order valence-electron chi connectivity index (χ4n) is 2.21. The minimum absolute atomic E-state index is 0.145. The lowest BCUT2D eigenvalue weighted by molar-refractivity contribution is -0.125. The largest absolute Gasteiger partial charge is 0.481 e. The van der Waals surface area contributed by atoms with Crippen molar-refractivity contribution in [3.05, 3.63) is 23.9 Å². The molecule has 2 rings (SSSR count). The van der Waals surface area contributed by atoms with Crippen LogP contribution in [0.25, 0.3) is 0 Å². The van der Waals surface area contributed by atoms with E-state index >= 15 is 0 Å². The van der Waals surface area contributed by atoms with E-state index in [0.717, 1.165) is 25.2 Å². The average Bonchev–Trinajstić information content (AvgIpc) is 2.34. The first-order chi connectivity index (χ1) is 8.20. The molecule has 4 nitrogen and oxygen atoms in total. The molecule has 1 aliphatic heterocycles. The summed E-state index contributed by atoms with van der Waals surface area (Å²) >= 11 is 0. The van der Waals surface area contributed by atoms with Crippen LogP contribution in [0.3, 0.4) is 0 Å². The molecule has 2 heterocycles. The number of rotatable bonds is 3. The van der Waals surface area contributed by atoms with E-state index in [2.05, 4.69) is 9.88 Å². The van der Waals surface area contributed by atoms with E-state index in [1.54, 1.807) is 13.3 Å². The third-order valence-electron chi connectivity index (χ3n) is 3.19. The molecule has 92 valence electrons. The van der Waals surface area contributed by atoms with Gasteiger partial charge in [-0.2, -0.15) is 0 Å². The van der Waals surface area contributed by atoms with Crippen molar-refractivity contribution < 1.29 is 9.53 Å². The van der Waals surface area contributed by atoms with Crippen molar-refractivity contribution in [1.82, 2.24) is 9.88 Å². The summed E-state index contributed by atoms with van der Waals surface area (Å²) in [5, 5.41) is 0. The summed E-state index contributed by atoms with van der Waals surface area (Å²) in [6.45, 7) is 4.46. The second kappa shape index (κ2) is 5.27. The van der Waals surface area contributed by atoms with Gasteiger partial charge in [0.2, 0.25) is 5.88 Å². The van der Waals surface area contributed by atoms with Gasteiger partial charge in [-0.1, -0.05) is 13.0 Å². The fourth-order valence-corrected chi connectivity index (χ4v) is 2.21. The quantitative estimate of drug-likeness (QED) is 0.795. The van der Waals surface area contributed by atoms with Crippen LogP contribution in [0, 0.1) is 5.92 Å². The van der Waals surface area contributed by atoms with E-state index in [-0.39, 0.29) is 5.92 Å². The van der Waals surface area contributed by atoms with E-state index in [9.17, 15) is 4.79 Å². The lowest BCUT2D eigenvalue weighted by atomic mass is 9.98. The first-order valence-electron chi connectivity index (χ1n) is 5.93. The lowest BCUT2D eigenvalue weighted by Gasteiger charge is -2.30. The Balaban J connectivity index is 2.03. The Hall–Kier alpha value is -1.42. The molecular weight excluding hydrogens is 216 g/mol. The number of likely N-dealkylation sites (tertiary alicyclic amines) is 1. The second-order valence-corrected chi connectivity index (χ2v) is 4.52. The molecule has 0 radical (unpaired) electrons. The molecule has 0 aromatic carbocycles. The maximum absolute atomic E-state index is 11.5. The fraction of sp³-hybridized carbons (Fsp3) is 0.538. The predicted molar refractivity (Wildman–Crippen MR) is 64.9 cm³/mol. The van der Waals surface area contributed by atoms with Crippen LogP contribution in [-0.4, -0.2) is 35.9 Å². The summed E-state index contributed by atoms with van der Waals surface area (Å²) in [5.41, 5.74) is 1.08. The molecule has 1 saturated heterocycles. The Morgan fingerprint density at radius 1 is 1.59 bits per heavy atom. The minimum atomic E-state index is 0.145. The van der Waals surface area contributed by atoms with Gasteiger partial charge >= 0.3 is 0 Å². The zero-order valence-corrected chi connectivity index (χ0v) is 10.3. The molecule has 4 heteroatoms. The number of methoxy groups -OCH3 is 1. The molecule has 1 aliphatic rings. The molecule has 17 heavy (non-hydrogen) atoms. The number of carbonyl (C=O) groups is 1. The predicted octanol–water partition coefficient (Wildman–Crippen LogP) is 1.50. The number of carbonyl (C=O) groups excluding carboxylic acids is 1. The van der Waals surface area contributed by atoms with E-state index in [4.69, 9.17) is 4.74 Å². The Bertz CT molecular complexity index is 406. The number of ether oxygens (including phenoxy) is 1. The smallest absolute Gasteiger partial charge is 0.217 e. The highest BCUT2D eigenvalue weighted by Crippen LogP contribution is 2.19. The van der Waals surface area contributed by atoms with Crippen LogP contribution < -0.4 is 4.74 Å². The third kappa shape index (κ3) is 2.82. The monoisotopic (exact) mass is 234 g/mol. The highest BCUT2D eigenvalue weighted by atomic mass is 16.5. The molecule has 0 aliphatic carbocycles. The summed E-state index contributed by atoms with van der Waals surface area (Å²) in [5.74, 6) is 1.20. The van der Waals surface area contributed by atoms with Crippen LogP contribution in [0.5, 0.6) is 5.88 Å². The topological polar surface area (TPSA) is 42.4 Å². The standard InChI is InChI=1S/C13H18N2O2/c1-10-8-15(7-5-12(10)16)9-11-4-3-6-14-13(11)17-2/h3-4,6,10H,5,7-9H2,1-2H3. The minimum Gasteiger partial charge on any atom is -0.481 e. The SMILES string of the molecule is COc1ncccc1CN1CCC(=O)C(C)C1. The van der Waals surface area contributed by atoms with Gasteiger partial charge in [0.1, 0.15) is 5.78 Å². The maximum atomic E-state index is 11.5. The van der Waals surface area contributed by atoms with Crippen LogP contribution in [0.15, 0.2) is 18.3 Å². The van der Waals surface area contributed by atoms with Crippen LogP contribution in [0.1, 0.15) is 18.9 Å². The van der Waals surface area contributed by atoms with E-state index in [1.165, 1.54) is 0 Å². The number of piperidine rings is 1. The van der Waals surface area contributed by atoms with Gasteiger partial charge in [-0.3, -0.25) is 9.69 Å². The summed E-state index contributed by atoms with van der Waals surface area (Å²) < 4.78 is 5.23. The number of nitrogens with zero attached hydrogens (tertiary/aromatic N) is 2. The zero-order valence-electron chi connectivity index (χ0n) is 10.3. The number of pyridine rings is 1. The number of aromatic nitrogens is 1. The van der Waals surface area contributed by atoms with Crippen molar-refractivity contribution >= 4 is 5.78 Å². The molecular formula is C13H18N2O2. The Labute approximate surface area is 102 Å². The molecule has 0 N–H and O–H groups in total. The van der Waals surface area contributed by atoms with E-state index in [1.807, 2.05) is 19.1 Å². The van der Waals surface area contributed by atoms with Gasteiger partial charge < -0.3 is 4.74 Å². The molecule has 1 aromatic rings. The average molecular weight is 234 g/mol. The van der Waals surface area contributed by atoms with Crippen LogP contribution >= 0.6 is 0 Å². The van der Waals surface area contributed by atoms with Crippen molar-refractivity contribution in [2.75, 3.05) is 20.2 Å². The third-order valence-corrected chi connectivity index (χ3v) is 3.19.